The van der Waals surface area contributed by atoms with Crippen LogP contribution in [0.15, 0.2) is 6.33 Å². The molecule has 1 aliphatic carbocycles. The van der Waals surface area contributed by atoms with E-state index in [0.717, 1.165) is 57.0 Å². The van der Waals surface area contributed by atoms with Crippen LogP contribution in [0, 0.1) is 5.92 Å². The normalized spacial score (nSPS) is 17.5. The van der Waals surface area contributed by atoms with Crippen molar-refractivity contribution in [3.05, 3.63) is 17.5 Å². The Morgan fingerprint density at radius 3 is 2.75 bits per heavy atom. The SMILES string of the molecule is CC(C)CNc1ncnc2c1sc1[nH+]c(N3CCOCC3)c3c(c12)CCCC3. The number of nitrogens with one attached hydrogen (secondary N) is 2. The highest BCUT2D eigenvalue weighted by Crippen LogP contribution is 2.40. The zero-order valence-corrected chi connectivity index (χ0v) is 17.5. The average molecular weight is 399 g/mol. The summed E-state index contributed by atoms with van der Waals surface area (Å²) in [5.41, 5.74) is 4.10. The Bertz CT molecular complexity index is 1010. The molecule has 0 bridgehead atoms. The maximum Gasteiger partial charge on any atom is 0.279 e. The van der Waals surface area contributed by atoms with Crippen molar-refractivity contribution in [3.63, 3.8) is 0 Å². The van der Waals surface area contributed by atoms with E-state index in [4.69, 9.17) is 9.72 Å². The van der Waals surface area contributed by atoms with Crippen molar-refractivity contribution in [1.82, 2.24) is 9.97 Å². The van der Waals surface area contributed by atoms with E-state index in [1.165, 1.54) is 44.7 Å². The van der Waals surface area contributed by atoms with Gasteiger partial charge in [-0.05, 0) is 37.2 Å². The number of pyridine rings is 1. The number of H-pyrrole nitrogens is 1. The van der Waals surface area contributed by atoms with Crippen molar-refractivity contribution in [2.45, 2.75) is 39.5 Å². The van der Waals surface area contributed by atoms with Crippen molar-refractivity contribution < 1.29 is 9.72 Å². The van der Waals surface area contributed by atoms with E-state index >= 15 is 0 Å². The summed E-state index contributed by atoms with van der Waals surface area (Å²) in [6, 6.07) is 0. The summed E-state index contributed by atoms with van der Waals surface area (Å²) < 4.78 is 6.75. The summed E-state index contributed by atoms with van der Waals surface area (Å²) in [6.07, 6.45) is 6.53. The number of aromatic nitrogens is 3. The number of thiophene rings is 1. The first-order valence-corrected chi connectivity index (χ1v) is 11.2. The summed E-state index contributed by atoms with van der Waals surface area (Å²) in [5, 5.41) is 4.85. The number of rotatable bonds is 4. The zero-order chi connectivity index (χ0) is 19.1. The van der Waals surface area contributed by atoms with E-state index in [0.29, 0.717) is 5.92 Å². The number of ether oxygens (including phenoxy) is 1. The van der Waals surface area contributed by atoms with Gasteiger partial charge in [0.1, 0.15) is 29.9 Å². The van der Waals surface area contributed by atoms with Crippen LogP contribution < -0.4 is 15.2 Å². The van der Waals surface area contributed by atoms with Gasteiger partial charge in [0, 0.05) is 12.1 Å². The van der Waals surface area contributed by atoms with Gasteiger partial charge in [-0.3, -0.25) is 4.90 Å². The van der Waals surface area contributed by atoms with Gasteiger partial charge in [0.25, 0.3) is 5.82 Å². The molecule has 28 heavy (non-hydrogen) atoms. The van der Waals surface area contributed by atoms with Gasteiger partial charge < -0.3 is 10.1 Å². The Labute approximate surface area is 169 Å². The van der Waals surface area contributed by atoms with Crippen LogP contribution in [0.3, 0.4) is 0 Å². The minimum Gasteiger partial charge on any atom is -0.373 e. The fourth-order valence-corrected chi connectivity index (χ4v) is 5.53. The molecule has 0 spiro atoms. The first kappa shape index (κ1) is 18.1. The van der Waals surface area contributed by atoms with Crippen LogP contribution in [-0.4, -0.2) is 42.8 Å². The molecule has 148 valence electrons. The molecule has 1 saturated heterocycles. The molecule has 0 radical (unpaired) electrons. The van der Waals surface area contributed by atoms with Crippen LogP contribution in [0.1, 0.15) is 37.8 Å². The molecule has 2 aliphatic rings. The largest absolute Gasteiger partial charge is 0.373 e. The van der Waals surface area contributed by atoms with E-state index in [9.17, 15) is 0 Å². The third kappa shape index (κ3) is 3.10. The maximum absolute atomic E-state index is 5.58. The van der Waals surface area contributed by atoms with Gasteiger partial charge in [-0.2, -0.15) is 0 Å². The Morgan fingerprint density at radius 1 is 1.18 bits per heavy atom. The second-order valence-corrected chi connectivity index (χ2v) is 9.24. The topological polar surface area (TPSA) is 64.4 Å². The molecule has 0 atom stereocenters. The summed E-state index contributed by atoms with van der Waals surface area (Å²) >= 11 is 1.79. The van der Waals surface area contributed by atoms with Crippen LogP contribution >= 0.6 is 11.3 Å². The summed E-state index contributed by atoms with van der Waals surface area (Å²) in [7, 11) is 0. The third-order valence-electron chi connectivity index (χ3n) is 5.76. The predicted molar refractivity (Wildman–Crippen MR) is 114 cm³/mol. The lowest BCUT2D eigenvalue weighted by molar-refractivity contribution is -0.328. The van der Waals surface area contributed by atoms with Crippen LogP contribution in [-0.2, 0) is 17.6 Å². The smallest absolute Gasteiger partial charge is 0.279 e. The van der Waals surface area contributed by atoms with E-state index in [-0.39, 0.29) is 0 Å². The van der Waals surface area contributed by atoms with Crippen molar-refractivity contribution >= 4 is 43.4 Å². The van der Waals surface area contributed by atoms with E-state index in [2.05, 4.69) is 34.0 Å². The maximum atomic E-state index is 5.58. The molecular weight excluding hydrogens is 370 g/mol. The van der Waals surface area contributed by atoms with Gasteiger partial charge in [-0.15, -0.1) is 0 Å². The Balaban J connectivity index is 1.70. The molecule has 3 aromatic heterocycles. The lowest BCUT2D eigenvalue weighted by Crippen LogP contribution is -2.40. The third-order valence-corrected chi connectivity index (χ3v) is 6.87. The minimum atomic E-state index is 0.576. The van der Waals surface area contributed by atoms with Gasteiger partial charge in [-0.1, -0.05) is 25.2 Å². The second-order valence-electron chi connectivity index (χ2n) is 8.22. The molecule has 0 unspecified atom stereocenters. The Hall–Kier alpha value is -1.99. The number of anilines is 2. The number of hydrogen-bond acceptors (Lipinski definition) is 6. The van der Waals surface area contributed by atoms with Crippen LogP contribution in [0.4, 0.5) is 11.6 Å². The van der Waals surface area contributed by atoms with Gasteiger partial charge in [-0.25, -0.2) is 15.0 Å². The highest BCUT2D eigenvalue weighted by Gasteiger charge is 2.30. The first-order chi connectivity index (χ1) is 13.7. The first-order valence-electron chi connectivity index (χ1n) is 10.4. The number of aryl methyl sites for hydroxylation is 1. The second kappa shape index (κ2) is 7.44. The molecule has 0 saturated carbocycles. The summed E-state index contributed by atoms with van der Waals surface area (Å²) in [4.78, 5) is 16.8. The molecular formula is C21H28N5OS+. The fourth-order valence-electron chi connectivity index (χ4n) is 4.39. The number of hydrogen-bond donors (Lipinski definition) is 1. The van der Waals surface area contributed by atoms with E-state index in [1.54, 1.807) is 17.7 Å². The Kier molecular flexibility index (Phi) is 4.80. The van der Waals surface area contributed by atoms with Crippen molar-refractivity contribution in [3.8, 4) is 0 Å². The average Bonchev–Trinajstić information content (AvgIpc) is 3.11. The minimum absolute atomic E-state index is 0.576. The van der Waals surface area contributed by atoms with E-state index in [1.807, 2.05) is 0 Å². The van der Waals surface area contributed by atoms with Crippen LogP contribution in [0.5, 0.6) is 0 Å². The quantitative estimate of drug-likeness (QED) is 0.729. The van der Waals surface area contributed by atoms with Crippen molar-refractivity contribution in [2.75, 3.05) is 43.1 Å². The number of nitrogens with zero attached hydrogens (tertiary/aromatic N) is 3. The van der Waals surface area contributed by atoms with Gasteiger partial charge in [0.05, 0.1) is 24.1 Å². The molecule has 3 aromatic rings. The predicted octanol–water partition coefficient (Wildman–Crippen LogP) is 3.44. The molecule has 6 nitrogen and oxygen atoms in total. The van der Waals surface area contributed by atoms with Crippen molar-refractivity contribution in [2.24, 2.45) is 5.92 Å². The van der Waals surface area contributed by atoms with Gasteiger partial charge >= 0.3 is 0 Å². The molecule has 2 N–H and O–H groups in total. The number of aromatic amines is 1. The molecule has 1 aliphatic heterocycles. The highest BCUT2D eigenvalue weighted by atomic mass is 32.1. The summed E-state index contributed by atoms with van der Waals surface area (Å²) in [5.74, 6) is 2.85. The van der Waals surface area contributed by atoms with Gasteiger partial charge in [0.2, 0.25) is 0 Å². The fraction of sp³-hybridized carbons (Fsp3) is 0.571. The highest BCUT2D eigenvalue weighted by molar-refractivity contribution is 7.25. The molecule has 0 amide bonds. The van der Waals surface area contributed by atoms with Crippen LogP contribution in [0.2, 0.25) is 0 Å². The standard InChI is InChI=1S/C21H27N5OS/c1-13(2)11-22-19-18-17(23-12-24-19)16-14-5-3-4-6-15(14)20(25-21(16)28-18)26-7-9-27-10-8-26/h12-13H,3-11H2,1-2H3,(H,22,23,24)/p+1. The molecule has 4 heterocycles. The lowest BCUT2D eigenvalue weighted by Gasteiger charge is -2.25. The molecule has 7 heteroatoms. The molecule has 0 aromatic carbocycles. The Morgan fingerprint density at radius 2 is 1.96 bits per heavy atom. The lowest BCUT2D eigenvalue weighted by atomic mass is 9.90. The molecule has 5 rings (SSSR count). The molecule has 1 fully saturated rings. The monoisotopic (exact) mass is 398 g/mol. The number of fused-ring (bicyclic) bond motifs is 5. The van der Waals surface area contributed by atoms with Crippen molar-refractivity contribution in [1.29, 1.82) is 0 Å². The van der Waals surface area contributed by atoms with Crippen LogP contribution in [0.25, 0.3) is 20.4 Å². The van der Waals surface area contributed by atoms with E-state index < -0.39 is 0 Å². The summed E-state index contributed by atoms with van der Waals surface area (Å²) in [6.45, 7) is 8.88. The van der Waals surface area contributed by atoms with Gasteiger partial charge in [0.15, 0.2) is 4.83 Å². The zero-order valence-electron chi connectivity index (χ0n) is 16.7. The number of morpholine rings is 1.